The summed E-state index contributed by atoms with van der Waals surface area (Å²) in [6, 6.07) is 5.88. The Labute approximate surface area is 113 Å². The highest BCUT2D eigenvalue weighted by Crippen LogP contribution is 2.21. The van der Waals surface area contributed by atoms with Crippen molar-refractivity contribution in [2.75, 3.05) is 0 Å². The van der Waals surface area contributed by atoms with Crippen LogP contribution in [0, 0.1) is 0 Å². The predicted molar refractivity (Wildman–Crippen MR) is 74.1 cm³/mol. The van der Waals surface area contributed by atoms with Gasteiger partial charge in [0.1, 0.15) is 0 Å². The summed E-state index contributed by atoms with van der Waals surface area (Å²) < 4.78 is 2.88. The molecule has 0 bridgehead atoms. The molecule has 0 fully saturated rings. The summed E-state index contributed by atoms with van der Waals surface area (Å²) in [6.45, 7) is 2.91. The lowest BCUT2D eigenvalue weighted by Gasteiger charge is -2.00. The summed E-state index contributed by atoms with van der Waals surface area (Å²) in [5.74, 6) is 0. The number of fused-ring (bicyclic) bond motifs is 1. The number of benzene rings is 1. The normalized spacial score (nSPS) is 11.0. The summed E-state index contributed by atoms with van der Waals surface area (Å²) in [4.78, 5) is 9.02. The monoisotopic (exact) mass is 302 g/mol. The molecule has 1 aromatic carbocycles. The van der Waals surface area contributed by atoms with E-state index in [1.165, 1.54) is 0 Å². The van der Waals surface area contributed by atoms with Gasteiger partial charge in [0.15, 0.2) is 0 Å². The van der Waals surface area contributed by atoms with Crippen molar-refractivity contribution in [2.24, 2.45) is 0 Å². The molecule has 0 aliphatic rings. The summed E-state index contributed by atoms with van der Waals surface area (Å²) in [5.41, 5.74) is 3.61. The molecule has 0 unspecified atom stereocenters. The van der Waals surface area contributed by atoms with Gasteiger partial charge in [-0.25, -0.2) is 4.98 Å². The first-order valence-electron chi connectivity index (χ1n) is 5.71. The van der Waals surface area contributed by atoms with Crippen LogP contribution in [0.15, 0.2) is 41.3 Å². The zero-order valence-corrected chi connectivity index (χ0v) is 11.4. The Morgan fingerprint density at radius 3 is 2.89 bits per heavy atom. The van der Waals surface area contributed by atoms with Gasteiger partial charge in [-0.3, -0.25) is 9.67 Å². The molecule has 0 amide bonds. The van der Waals surface area contributed by atoms with E-state index in [-0.39, 0.29) is 0 Å². The van der Waals surface area contributed by atoms with E-state index in [2.05, 4.69) is 37.9 Å². The fourth-order valence-corrected chi connectivity index (χ4v) is 2.14. The molecular formula is C13H11BrN4. The van der Waals surface area contributed by atoms with Crippen LogP contribution >= 0.6 is 15.9 Å². The van der Waals surface area contributed by atoms with Gasteiger partial charge in [0.25, 0.3) is 0 Å². The van der Waals surface area contributed by atoms with E-state index in [0.717, 1.165) is 33.3 Å². The van der Waals surface area contributed by atoms with Crippen molar-refractivity contribution in [2.45, 2.75) is 13.5 Å². The van der Waals surface area contributed by atoms with Crippen LogP contribution in [0.5, 0.6) is 0 Å². The fourth-order valence-electron chi connectivity index (χ4n) is 1.79. The third-order valence-corrected chi connectivity index (χ3v) is 3.25. The van der Waals surface area contributed by atoms with Crippen molar-refractivity contribution in [3.05, 3.63) is 41.3 Å². The van der Waals surface area contributed by atoms with Crippen LogP contribution in [-0.4, -0.2) is 19.7 Å². The lowest BCUT2D eigenvalue weighted by atomic mass is 10.2. The number of aryl methyl sites for hydroxylation is 1. The highest BCUT2D eigenvalue weighted by Gasteiger charge is 2.05. The van der Waals surface area contributed by atoms with E-state index in [4.69, 9.17) is 0 Å². The molecule has 0 spiro atoms. The standard InChI is InChI=1S/C13H11BrN4/c1-2-18-8-9(6-16-18)13-7-15-11-4-3-10(14)5-12(11)17-13/h3-8H,2H2,1H3. The first-order chi connectivity index (χ1) is 8.76. The molecule has 2 heterocycles. The molecule has 3 aromatic rings. The molecular weight excluding hydrogens is 292 g/mol. The molecule has 0 radical (unpaired) electrons. The number of hydrogen-bond donors (Lipinski definition) is 0. The van der Waals surface area contributed by atoms with Gasteiger partial charge in [-0.2, -0.15) is 5.10 Å². The van der Waals surface area contributed by atoms with Gasteiger partial charge in [0, 0.05) is 22.8 Å². The Balaban J connectivity index is 2.12. The van der Waals surface area contributed by atoms with Crippen LogP contribution in [0.1, 0.15) is 6.92 Å². The Kier molecular flexibility index (Phi) is 2.83. The zero-order chi connectivity index (χ0) is 12.5. The molecule has 90 valence electrons. The molecule has 5 heteroatoms. The van der Waals surface area contributed by atoms with Gasteiger partial charge in [0.05, 0.1) is 29.1 Å². The van der Waals surface area contributed by atoms with Crippen molar-refractivity contribution in [1.82, 2.24) is 19.7 Å². The number of aromatic nitrogens is 4. The highest BCUT2D eigenvalue weighted by atomic mass is 79.9. The minimum Gasteiger partial charge on any atom is -0.272 e. The van der Waals surface area contributed by atoms with Gasteiger partial charge in [-0.05, 0) is 25.1 Å². The summed E-state index contributed by atoms with van der Waals surface area (Å²) >= 11 is 3.44. The predicted octanol–water partition coefficient (Wildman–Crippen LogP) is 3.28. The third kappa shape index (κ3) is 2.01. The van der Waals surface area contributed by atoms with E-state index < -0.39 is 0 Å². The van der Waals surface area contributed by atoms with Gasteiger partial charge in [-0.1, -0.05) is 15.9 Å². The molecule has 0 saturated heterocycles. The maximum Gasteiger partial charge on any atom is 0.0924 e. The first kappa shape index (κ1) is 11.3. The zero-order valence-electron chi connectivity index (χ0n) is 9.84. The number of nitrogens with zero attached hydrogens (tertiary/aromatic N) is 4. The fraction of sp³-hybridized carbons (Fsp3) is 0.154. The highest BCUT2D eigenvalue weighted by molar-refractivity contribution is 9.10. The molecule has 18 heavy (non-hydrogen) atoms. The average Bonchev–Trinajstić information content (AvgIpc) is 2.86. The van der Waals surface area contributed by atoms with Gasteiger partial charge in [-0.15, -0.1) is 0 Å². The van der Waals surface area contributed by atoms with E-state index in [9.17, 15) is 0 Å². The van der Waals surface area contributed by atoms with Gasteiger partial charge in [0.2, 0.25) is 0 Å². The van der Waals surface area contributed by atoms with Crippen LogP contribution < -0.4 is 0 Å². The molecule has 0 N–H and O–H groups in total. The van der Waals surface area contributed by atoms with E-state index in [0.29, 0.717) is 0 Å². The first-order valence-corrected chi connectivity index (χ1v) is 6.50. The lowest BCUT2D eigenvalue weighted by Crippen LogP contribution is -1.92. The Bertz CT molecular complexity index is 705. The number of halogens is 1. The molecule has 0 saturated carbocycles. The van der Waals surface area contributed by atoms with Gasteiger partial charge < -0.3 is 0 Å². The van der Waals surface area contributed by atoms with E-state index >= 15 is 0 Å². The largest absolute Gasteiger partial charge is 0.272 e. The van der Waals surface area contributed by atoms with Gasteiger partial charge >= 0.3 is 0 Å². The Morgan fingerprint density at radius 2 is 2.11 bits per heavy atom. The Morgan fingerprint density at radius 1 is 1.22 bits per heavy atom. The van der Waals surface area contributed by atoms with E-state index in [1.807, 2.05) is 35.3 Å². The minimum atomic E-state index is 0.848. The molecule has 0 aliphatic heterocycles. The molecule has 2 aromatic heterocycles. The van der Waals surface area contributed by atoms with E-state index in [1.54, 1.807) is 6.20 Å². The van der Waals surface area contributed by atoms with Crippen molar-refractivity contribution in [1.29, 1.82) is 0 Å². The number of rotatable bonds is 2. The quantitative estimate of drug-likeness (QED) is 0.730. The molecule has 0 aliphatic carbocycles. The van der Waals surface area contributed by atoms with Crippen LogP contribution in [0.25, 0.3) is 22.3 Å². The van der Waals surface area contributed by atoms with Crippen LogP contribution in [-0.2, 0) is 6.54 Å². The molecule has 4 nitrogen and oxygen atoms in total. The second-order valence-corrected chi connectivity index (χ2v) is 4.89. The second kappa shape index (κ2) is 4.49. The van der Waals surface area contributed by atoms with Crippen LogP contribution in [0.4, 0.5) is 0 Å². The van der Waals surface area contributed by atoms with Crippen LogP contribution in [0.2, 0.25) is 0 Å². The molecule has 3 rings (SSSR count). The Hall–Kier alpha value is -1.75. The summed E-state index contributed by atoms with van der Waals surface area (Å²) in [7, 11) is 0. The SMILES string of the molecule is CCn1cc(-c2cnc3ccc(Br)cc3n2)cn1. The summed E-state index contributed by atoms with van der Waals surface area (Å²) in [5, 5.41) is 4.25. The topological polar surface area (TPSA) is 43.6 Å². The minimum absolute atomic E-state index is 0.848. The smallest absolute Gasteiger partial charge is 0.0924 e. The average molecular weight is 303 g/mol. The maximum atomic E-state index is 4.61. The maximum absolute atomic E-state index is 4.61. The molecule has 0 atom stereocenters. The second-order valence-electron chi connectivity index (χ2n) is 3.97. The van der Waals surface area contributed by atoms with Crippen molar-refractivity contribution in [3.63, 3.8) is 0 Å². The lowest BCUT2D eigenvalue weighted by molar-refractivity contribution is 0.660. The van der Waals surface area contributed by atoms with Crippen molar-refractivity contribution < 1.29 is 0 Å². The number of hydrogen-bond acceptors (Lipinski definition) is 3. The van der Waals surface area contributed by atoms with Crippen LogP contribution in [0.3, 0.4) is 0 Å². The third-order valence-electron chi connectivity index (χ3n) is 2.76. The van der Waals surface area contributed by atoms with Crippen molar-refractivity contribution in [3.8, 4) is 11.3 Å². The van der Waals surface area contributed by atoms with Crippen molar-refractivity contribution >= 4 is 27.0 Å². The summed E-state index contributed by atoms with van der Waals surface area (Å²) in [6.07, 6.45) is 5.58.